The van der Waals surface area contributed by atoms with Crippen LogP contribution >= 0.6 is 11.8 Å². The number of benzene rings is 2. The van der Waals surface area contributed by atoms with E-state index in [2.05, 4.69) is 17.9 Å². The minimum Gasteiger partial charge on any atom is -0.493 e. The maximum absolute atomic E-state index is 13.1. The van der Waals surface area contributed by atoms with Crippen molar-refractivity contribution in [2.75, 3.05) is 20.3 Å². The van der Waals surface area contributed by atoms with Gasteiger partial charge in [0.15, 0.2) is 16.7 Å². The van der Waals surface area contributed by atoms with E-state index in [9.17, 15) is 13.2 Å². The number of rotatable bonds is 14. The maximum Gasteiger partial charge on any atom is 0.284 e. The van der Waals surface area contributed by atoms with E-state index in [1.807, 2.05) is 12.1 Å². The Kier molecular flexibility index (Phi) is 10.8. The Hall–Kier alpha value is -3.04. The fraction of sp³-hybridized carbons (Fsp3) is 0.357. The zero-order chi connectivity index (χ0) is 26.7. The quantitative estimate of drug-likeness (QED) is 0.159. The number of amidine groups is 1. The molecule has 3 rings (SSSR count). The molecule has 0 bridgehead atoms. The summed E-state index contributed by atoms with van der Waals surface area (Å²) in [6.45, 7) is 6.61. The van der Waals surface area contributed by atoms with E-state index in [1.165, 1.54) is 48.8 Å². The lowest BCUT2D eigenvalue weighted by Gasteiger charge is -2.12. The molecule has 0 N–H and O–H groups in total. The summed E-state index contributed by atoms with van der Waals surface area (Å²) in [5.41, 5.74) is 0.736. The third-order valence-electron chi connectivity index (χ3n) is 5.68. The van der Waals surface area contributed by atoms with Gasteiger partial charge in [-0.15, -0.1) is 11.0 Å². The zero-order valence-corrected chi connectivity index (χ0v) is 23.0. The van der Waals surface area contributed by atoms with E-state index in [-0.39, 0.29) is 22.5 Å². The number of hydrogen-bond donors (Lipinski definition) is 0. The highest BCUT2D eigenvalue weighted by Crippen LogP contribution is 2.35. The van der Waals surface area contributed by atoms with Crippen molar-refractivity contribution in [2.45, 2.75) is 50.3 Å². The highest BCUT2D eigenvalue weighted by molar-refractivity contribution is 8.19. The van der Waals surface area contributed by atoms with Crippen molar-refractivity contribution in [1.29, 1.82) is 0 Å². The summed E-state index contributed by atoms with van der Waals surface area (Å²) in [6.07, 6.45) is 10.2. The number of hydrogen-bond acceptors (Lipinski definition) is 6. The predicted octanol–water partition coefficient (Wildman–Crippen LogP) is 6.28. The summed E-state index contributed by atoms with van der Waals surface area (Å²) >= 11 is 1.02. The predicted molar refractivity (Wildman–Crippen MR) is 150 cm³/mol. The Balaban J connectivity index is 1.79. The molecule has 1 heterocycles. The molecule has 7 nitrogen and oxygen atoms in total. The van der Waals surface area contributed by atoms with Crippen LogP contribution in [0.5, 0.6) is 11.5 Å². The van der Waals surface area contributed by atoms with E-state index in [1.54, 1.807) is 37.5 Å². The maximum atomic E-state index is 13.1. The monoisotopic (exact) mass is 542 g/mol. The molecule has 2 aromatic carbocycles. The summed E-state index contributed by atoms with van der Waals surface area (Å²) in [6, 6.07) is 13.4. The van der Waals surface area contributed by atoms with Gasteiger partial charge in [-0.2, -0.15) is 8.42 Å². The number of amides is 1. The lowest BCUT2D eigenvalue weighted by Crippen LogP contribution is -2.29. The summed E-state index contributed by atoms with van der Waals surface area (Å²) in [5.74, 6) is 0.879. The molecule has 0 aliphatic carbocycles. The molecule has 37 heavy (non-hydrogen) atoms. The van der Waals surface area contributed by atoms with E-state index in [0.29, 0.717) is 23.0 Å². The molecule has 0 unspecified atom stereocenters. The minimum atomic E-state index is -3.98. The Bertz CT molecular complexity index is 1240. The molecular weight excluding hydrogens is 508 g/mol. The van der Waals surface area contributed by atoms with Gasteiger partial charge in [0.1, 0.15) is 0 Å². The van der Waals surface area contributed by atoms with Crippen LogP contribution in [0.2, 0.25) is 0 Å². The van der Waals surface area contributed by atoms with Crippen molar-refractivity contribution >= 4 is 38.9 Å². The number of sulfonamides is 1. The molecule has 0 radical (unpaired) electrons. The van der Waals surface area contributed by atoms with E-state index in [4.69, 9.17) is 9.47 Å². The summed E-state index contributed by atoms with van der Waals surface area (Å²) in [7, 11) is -2.39. The average molecular weight is 543 g/mol. The largest absolute Gasteiger partial charge is 0.493 e. The van der Waals surface area contributed by atoms with E-state index >= 15 is 0 Å². The van der Waals surface area contributed by atoms with Crippen molar-refractivity contribution in [3.05, 3.63) is 71.7 Å². The molecule has 1 aliphatic rings. The first kappa shape index (κ1) is 28.5. The van der Waals surface area contributed by atoms with Crippen LogP contribution in [0, 0.1) is 0 Å². The standard InChI is InChI=1S/C28H34N2O5S2/c1-4-6-7-8-9-13-19-35-25-20-22(16-17-24(25)34-3)21-26-27(31)30(18-5-2)28(36-26)29-37(32,33)23-14-11-10-12-15-23/h5,10-12,14-17,20-21H,2,4,6-9,13,18-19H2,1,3H3/b26-21-,29-28+. The van der Waals surface area contributed by atoms with Crippen LogP contribution in [0.15, 0.2) is 75.4 Å². The second-order valence-electron chi connectivity index (χ2n) is 8.50. The molecule has 0 saturated carbocycles. The third-order valence-corrected chi connectivity index (χ3v) is 8.08. The van der Waals surface area contributed by atoms with E-state index in [0.717, 1.165) is 30.2 Å². The molecule has 1 amide bonds. The fourth-order valence-electron chi connectivity index (χ4n) is 3.73. The molecular formula is C28H34N2O5S2. The number of thioether (sulfide) groups is 1. The Morgan fingerprint density at radius 1 is 1.03 bits per heavy atom. The molecule has 0 aromatic heterocycles. The van der Waals surface area contributed by atoms with Crippen LogP contribution in [0.4, 0.5) is 0 Å². The molecule has 198 valence electrons. The van der Waals surface area contributed by atoms with Crippen molar-refractivity contribution < 1.29 is 22.7 Å². The second-order valence-corrected chi connectivity index (χ2v) is 11.1. The lowest BCUT2D eigenvalue weighted by molar-refractivity contribution is -0.121. The fourth-order valence-corrected chi connectivity index (χ4v) is 5.94. The summed E-state index contributed by atoms with van der Waals surface area (Å²) in [4.78, 5) is 14.8. The number of carbonyl (C=O) groups is 1. The minimum absolute atomic E-state index is 0.0637. The Labute approximate surface area is 224 Å². The van der Waals surface area contributed by atoms with E-state index < -0.39 is 10.0 Å². The number of ether oxygens (including phenoxy) is 2. The van der Waals surface area contributed by atoms with Crippen LogP contribution in [-0.4, -0.2) is 44.7 Å². The van der Waals surface area contributed by atoms with Crippen molar-refractivity contribution in [1.82, 2.24) is 4.90 Å². The van der Waals surface area contributed by atoms with Gasteiger partial charge < -0.3 is 9.47 Å². The SMILES string of the molecule is C=CCN1C(=O)/C(=C/c2ccc(OC)c(OCCCCCCCC)c2)S/C1=N/S(=O)(=O)c1ccccc1. The highest BCUT2D eigenvalue weighted by Gasteiger charge is 2.34. The number of unbranched alkanes of at least 4 members (excludes halogenated alkanes) is 5. The van der Waals surface area contributed by atoms with Gasteiger partial charge in [-0.25, -0.2) is 0 Å². The number of methoxy groups -OCH3 is 1. The van der Waals surface area contributed by atoms with Gasteiger partial charge in [0.25, 0.3) is 15.9 Å². The van der Waals surface area contributed by atoms with Crippen LogP contribution in [-0.2, 0) is 14.8 Å². The number of nitrogens with zero attached hydrogens (tertiary/aromatic N) is 2. The zero-order valence-electron chi connectivity index (χ0n) is 21.4. The van der Waals surface area contributed by atoms with Crippen LogP contribution in [0.1, 0.15) is 51.0 Å². The lowest BCUT2D eigenvalue weighted by atomic mass is 10.1. The van der Waals surface area contributed by atoms with Gasteiger partial charge in [-0.1, -0.05) is 69.4 Å². The Morgan fingerprint density at radius 2 is 1.76 bits per heavy atom. The average Bonchev–Trinajstić information content (AvgIpc) is 3.17. The van der Waals surface area contributed by atoms with Crippen molar-refractivity contribution in [2.24, 2.45) is 4.40 Å². The first-order valence-corrected chi connectivity index (χ1v) is 14.7. The molecule has 9 heteroatoms. The topological polar surface area (TPSA) is 85.3 Å². The van der Waals surface area contributed by atoms with Gasteiger partial charge >= 0.3 is 0 Å². The second kappa shape index (κ2) is 14.0. The summed E-state index contributed by atoms with van der Waals surface area (Å²) in [5, 5.41) is 0.0908. The van der Waals surface area contributed by atoms with Gasteiger partial charge in [0, 0.05) is 6.54 Å². The first-order chi connectivity index (χ1) is 17.9. The highest BCUT2D eigenvalue weighted by atomic mass is 32.2. The van der Waals surface area contributed by atoms with Gasteiger partial charge in [-0.3, -0.25) is 9.69 Å². The number of carbonyl (C=O) groups excluding carboxylic acids is 1. The van der Waals surface area contributed by atoms with Gasteiger partial charge in [0.05, 0.1) is 23.5 Å². The van der Waals surface area contributed by atoms with Crippen molar-refractivity contribution in [3.8, 4) is 11.5 Å². The van der Waals surface area contributed by atoms with Gasteiger partial charge in [0.2, 0.25) is 0 Å². The molecule has 1 saturated heterocycles. The molecule has 0 spiro atoms. The molecule has 1 fully saturated rings. The van der Waals surface area contributed by atoms with Crippen LogP contribution < -0.4 is 9.47 Å². The third kappa shape index (κ3) is 7.97. The van der Waals surface area contributed by atoms with Crippen molar-refractivity contribution in [3.63, 3.8) is 0 Å². The molecule has 2 aromatic rings. The van der Waals surface area contributed by atoms with Gasteiger partial charge in [-0.05, 0) is 54.1 Å². The smallest absolute Gasteiger partial charge is 0.284 e. The normalized spacial score (nSPS) is 15.9. The van der Waals surface area contributed by atoms with Crippen LogP contribution in [0.3, 0.4) is 0 Å². The summed E-state index contributed by atoms with van der Waals surface area (Å²) < 4.78 is 41.0. The van der Waals surface area contributed by atoms with Crippen LogP contribution in [0.25, 0.3) is 6.08 Å². The molecule has 1 aliphatic heterocycles. The first-order valence-electron chi connectivity index (χ1n) is 12.4. The Morgan fingerprint density at radius 3 is 2.46 bits per heavy atom. The molecule has 0 atom stereocenters.